The van der Waals surface area contributed by atoms with Gasteiger partial charge in [-0.15, -0.1) is 0 Å². The summed E-state index contributed by atoms with van der Waals surface area (Å²) in [5, 5.41) is 9.75. The van der Waals surface area contributed by atoms with Crippen LogP contribution in [0.25, 0.3) is 0 Å². The summed E-state index contributed by atoms with van der Waals surface area (Å²) >= 11 is 0. The Balaban J connectivity index is 1.71. The molecular formula is C13H24O2. The summed E-state index contributed by atoms with van der Waals surface area (Å²) in [5.41, 5.74) is 0. The fourth-order valence-corrected chi connectivity index (χ4v) is 2.70. The molecule has 2 heteroatoms. The highest BCUT2D eigenvalue weighted by atomic mass is 16.5. The van der Waals surface area contributed by atoms with Crippen LogP contribution in [0.4, 0.5) is 0 Å². The molecule has 2 saturated carbocycles. The maximum Gasteiger partial charge on any atom is 0.0801 e. The van der Waals surface area contributed by atoms with Crippen molar-refractivity contribution in [2.24, 2.45) is 11.8 Å². The Morgan fingerprint density at radius 2 is 1.93 bits per heavy atom. The molecule has 0 radical (unpaired) electrons. The van der Waals surface area contributed by atoms with E-state index >= 15 is 0 Å². The van der Waals surface area contributed by atoms with Crippen LogP contribution in [0, 0.1) is 11.8 Å². The minimum Gasteiger partial charge on any atom is -0.390 e. The van der Waals surface area contributed by atoms with Crippen molar-refractivity contribution in [2.45, 2.75) is 64.1 Å². The quantitative estimate of drug-likeness (QED) is 0.759. The van der Waals surface area contributed by atoms with Gasteiger partial charge in [-0.25, -0.2) is 0 Å². The van der Waals surface area contributed by atoms with E-state index in [1.54, 1.807) is 0 Å². The zero-order chi connectivity index (χ0) is 10.7. The average molecular weight is 212 g/mol. The Morgan fingerprint density at radius 3 is 2.60 bits per heavy atom. The third-order valence-electron chi connectivity index (χ3n) is 4.01. The third-order valence-corrected chi connectivity index (χ3v) is 4.01. The van der Waals surface area contributed by atoms with E-state index in [1.165, 1.54) is 44.9 Å². The molecule has 0 heterocycles. The smallest absolute Gasteiger partial charge is 0.0801 e. The largest absolute Gasteiger partial charge is 0.390 e. The molecule has 0 bridgehead atoms. The standard InChI is InChI=1S/C13H24O2/c1-2-10-5-3-4-6-13(10)15-9-12(14)11-7-8-11/h10-14H,2-9H2,1H3. The van der Waals surface area contributed by atoms with Crippen molar-refractivity contribution >= 4 is 0 Å². The van der Waals surface area contributed by atoms with Crippen LogP contribution in [0.15, 0.2) is 0 Å². The first-order valence-corrected chi connectivity index (χ1v) is 6.61. The summed E-state index contributed by atoms with van der Waals surface area (Å²) in [6, 6.07) is 0. The lowest BCUT2D eigenvalue weighted by atomic mass is 9.85. The summed E-state index contributed by atoms with van der Waals surface area (Å²) in [6.07, 6.45) is 9.06. The zero-order valence-corrected chi connectivity index (χ0v) is 9.82. The zero-order valence-electron chi connectivity index (χ0n) is 9.82. The second-order valence-electron chi connectivity index (χ2n) is 5.23. The molecule has 0 aromatic rings. The molecule has 2 aliphatic carbocycles. The summed E-state index contributed by atoms with van der Waals surface area (Å²) < 4.78 is 5.90. The fraction of sp³-hybridized carbons (Fsp3) is 1.00. The molecule has 2 nitrogen and oxygen atoms in total. The molecule has 0 spiro atoms. The van der Waals surface area contributed by atoms with Crippen molar-refractivity contribution in [1.82, 2.24) is 0 Å². The average Bonchev–Trinajstić information content (AvgIpc) is 3.10. The maximum absolute atomic E-state index is 9.75. The van der Waals surface area contributed by atoms with E-state index in [-0.39, 0.29) is 6.10 Å². The van der Waals surface area contributed by atoms with Gasteiger partial charge < -0.3 is 9.84 Å². The van der Waals surface area contributed by atoms with Gasteiger partial charge in [0.2, 0.25) is 0 Å². The topological polar surface area (TPSA) is 29.5 Å². The molecule has 0 aliphatic heterocycles. The summed E-state index contributed by atoms with van der Waals surface area (Å²) in [7, 11) is 0. The Kier molecular flexibility index (Phi) is 4.04. The fourth-order valence-electron chi connectivity index (χ4n) is 2.70. The lowest BCUT2D eigenvalue weighted by molar-refractivity contribution is -0.0555. The minimum atomic E-state index is -0.190. The summed E-state index contributed by atoms with van der Waals surface area (Å²) in [6.45, 7) is 2.83. The molecular weight excluding hydrogens is 188 g/mol. The molecule has 2 fully saturated rings. The first-order chi connectivity index (χ1) is 7.31. The molecule has 0 aromatic carbocycles. The number of aliphatic hydroxyl groups excluding tert-OH is 1. The van der Waals surface area contributed by atoms with E-state index in [2.05, 4.69) is 6.92 Å². The summed E-state index contributed by atoms with van der Waals surface area (Å²) in [4.78, 5) is 0. The molecule has 2 aliphatic rings. The van der Waals surface area contributed by atoms with Crippen molar-refractivity contribution in [1.29, 1.82) is 0 Å². The highest BCUT2D eigenvalue weighted by molar-refractivity contribution is 4.82. The molecule has 0 saturated heterocycles. The van der Waals surface area contributed by atoms with Gasteiger partial charge in [0.1, 0.15) is 0 Å². The summed E-state index contributed by atoms with van der Waals surface area (Å²) in [5.74, 6) is 1.29. The van der Waals surface area contributed by atoms with Crippen LogP contribution in [-0.4, -0.2) is 23.9 Å². The molecule has 0 aromatic heterocycles. The van der Waals surface area contributed by atoms with E-state index in [9.17, 15) is 5.11 Å². The van der Waals surface area contributed by atoms with Gasteiger partial charge in [-0.05, 0) is 37.5 Å². The minimum absolute atomic E-state index is 0.190. The molecule has 88 valence electrons. The van der Waals surface area contributed by atoms with Crippen LogP contribution in [0.3, 0.4) is 0 Å². The van der Waals surface area contributed by atoms with Crippen molar-refractivity contribution in [3.63, 3.8) is 0 Å². The Labute approximate surface area is 93.0 Å². The van der Waals surface area contributed by atoms with Crippen LogP contribution in [-0.2, 0) is 4.74 Å². The van der Waals surface area contributed by atoms with Crippen LogP contribution in [0.1, 0.15) is 51.9 Å². The molecule has 0 amide bonds. The first-order valence-electron chi connectivity index (χ1n) is 6.61. The molecule has 1 N–H and O–H groups in total. The number of hydrogen-bond donors (Lipinski definition) is 1. The second-order valence-corrected chi connectivity index (χ2v) is 5.23. The van der Waals surface area contributed by atoms with Crippen LogP contribution in [0.2, 0.25) is 0 Å². The van der Waals surface area contributed by atoms with Gasteiger partial charge in [-0.3, -0.25) is 0 Å². The van der Waals surface area contributed by atoms with Crippen molar-refractivity contribution < 1.29 is 9.84 Å². The van der Waals surface area contributed by atoms with Crippen LogP contribution < -0.4 is 0 Å². The molecule has 3 atom stereocenters. The van der Waals surface area contributed by atoms with Gasteiger partial charge in [0.15, 0.2) is 0 Å². The Bertz CT molecular complexity index is 189. The van der Waals surface area contributed by atoms with E-state index in [0.29, 0.717) is 18.6 Å². The van der Waals surface area contributed by atoms with Crippen molar-refractivity contribution in [2.75, 3.05) is 6.61 Å². The van der Waals surface area contributed by atoms with Gasteiger partial charge in [-0.2, -0.15) is 0 Å². The number of hydrogen-bond acceptors (Lipinski definition) is 2. The predicted molar refractivity (Wildman–Crippen MR) is 60.7 cm³/mol. The second kappa shape index (κ2) is 5.31. The van der Waals surface area contributed by atoms with E-state index in [4.69, 9.17) is 4.74 Å². The number of ether oxygens (including phenoxy) is 1. The number of rotatable bonds is 5. The molecule has 3 unspecified atom stereocenters. The Morgan fingerprint density at radius 1 is 1.20 bits per heavy atom. The van der Waals surface area contributed by atoms with Crippen molar-refractivity contribution in [3.8, 4) is 0 Å². The lowest BCUT2D eigenvalue weighted by Gasteiger charge is -2.31. The third kappa shape index (κ3) is 3.18. The number of aliphatic hydroxyl groups is 1. The van der Waals surface area contributed by atoms with Crippen molar-refractivity contribution in [3.05, 3.63) is 0 Å². The SMILES string of the molecule is CCC1CCCCC1OCC(O)C1CC1. The normalized spacial score (nSPS) is 34.0. The monoisotopic (exact) mass is 212 g/mol. The maximum atomic E-state index is 9.75. The Hall–Kier alpha value is -0.0800. The van der Waals surface area contributed by atoms with Gasteiger partial charge in [0, 0.05) is 0 Å². The molecule has 15 heavy (non-hydrogen) atoms. The molecule has 2 rings (SSSR count). The van der Waals surface area contributed by atoms with Gasteiger partial charge in [0.25, 0.3) is 0 Å². The van der Waals surface area contributed by atoms with Crippen LogP contribution in [0.5, 0.6) is 0 Å². The van der Waals surface area contributed by atoms with Crippen LogP contribution >= 0.6 is 0 Å². The van der Waals surface area contributed by atoms with Gasteiger partial charge in [-0.1, -0.05) is 26.2 Å². The van der Waals surface area contributed by atoms with Gasteiger partial charge in [0.05, 0.1) is 18.8 Å². The van der Waals surface area contributed by atoms with Gasteiger partial charge >= 0.3 is 0 Å². The predicted octanol–water partition coefficient (Wildman–Crippen LogP) is 2.74. The first kappa shape index (κ1) is 11.4. The van der Waals surface area contributed by atoms with E-state index in [1.807, 2.05) is 0 Å². The highest BCUT2D eigenvalue weighted by Gasteiger charge is 2.31. The highest BCUT2D eigenvalue weighted by Crippen LogP contribution is 2.34. The van der Waals surface area contributed by atoms with E-state index < -0.39 is 0 Å². The lowest BCUT2D eigenvalue weighted by Crippen LogP contribution is -2.31. The van der Waals surface area contributed by atoms with E-state index in [0.717, 1.165) is 5.92 Å².